The number of nitrogens with zero attached hydrogens (tertiary/aromatic N) is 2. The molecule has 0 unspecified atom stereocenters. The molecule has 1 N–H and O–H groups in total. The summed E-state index contributed by atoms with van der Waals surface area (Å²) in [5.41, 5.74) is 2.63. The molecule has 2 aromatic carbocycles. The average molecular weight is 498 g/mol. The third-order valence-corrected chi connectivity index (χ3v) is 5.57. The van der Waals surface area contributed by atoms with Crippen molar-refractivity contribution in [2.75, 3.05) is 18.5 Å². The van der Waals surface area contributed by atoms with E-state index in [9.17, 15) is 10.1 Å². The quantitative estimate of drug-likeness (QED) is 0.251. The predicted molar refractivity (Wildman–Crippen MR) is 125 cm³/mol. The van der Waals surface area contributed by atoms with Gasteiger partial charge in [-0.1, -0.05) is 18.2 Å². The van der Waals surface area contributed by atoms with Crippen molar-refractivity contribution in [1.29, 1.82) is 5.26 Å². The van der Waals surface area contributed by atoms with Gasteiger partial charge in [-0.3, -0.25) is 10.1 Å². The molecule has 1 aromatic heterocycles. The molecule has 0 radical (unpaired) electrons. The molecule has 0 atom stereocenters. The summed E-state index contributed by atoms with van der Waals surface area (Å²) < 4.78 is 12.2. The van der Waals surface area contributed by atoms with Gasteiger partial charge in [-0.2, -0.15) is 5.26 Å². The first-order valence-electron chi connectivity index (χ1n) is 9.41. The lowest BCUT2D eigenvalue weighted by atomic mass is 10.1. The molecule has 0 spiro atoms. The van der Waals surface area contributed by atoms with Crippen LogP contribution in [0.4, 0.5) is 5.13 Å². The number of rotatable bonds is 8. The molecule has 31 heavy (non-hydrogen) atoms. The van der Waals surface area contributed by atoms with Crippen LogP contribution in [0.15, 0.2) is 57.9 Å². The van der Waals surface area contributed by atoms with Gasteiger partial charge in [0.05, 0.1) is 10.2 Å². The van der Waals surface area contributed by atoms with Gasteiger partial charge in [0.1, 0.15) is 36.4 Å². The molecule has 158 valence electrons. The van der Waals surface area contributed by atoms with E-state index >= 15 is 0 Å². The Morgan fingerprint density at radius 2 is 2.03 bits per heavy atom. The van der Waals surface area contributed by atoms with Gasteiger partial charge in [-0.05, 0) is 71.2 Å². The molecule has 3 aromatic rings. The van der Waals surface area contributed by atoms with E-state index in [1.54, 1.807) is 18.2 Å². The first-order chi connectivity index (χ1) is 14.9. The lowest BCUT2D eigenvalue weighted by Gasteiger charge is -2.10. The zero-order valence-electron chi connectivity index (χ0n) is 17.0. The van der Waals surface area contributed by atoms with Gasteiger partial charge in [0, 0.05) is 5.38 Å². The number of hydrogen-bond acceptors (Lipinski definition) is 6. The minimum atomic E-state index is -0.499. The number of benzene rings is 2. The Hall–Kier alpha value is -3.15. The van der Waals surface area contributed by atoms with Gasteiger partial charge in [-0.15, -0.1) is 11.3 Å². The Labute approximate surface area is 193 Å². The Morgan fingerprint density at radius 3 is 2.71 bits per heavy atom. The number of nitrogens with one attached hydrogen (secondary N) is 1. The maximum atomic E-state index is 12.3. The molecule has 0 aliphatic rings. The van der Waals surface area contributed by atoms with Crippen LogP contribution >= 0.6 is 27.3 Å². The maximum absolute atomic E-state index is 12.3. The van der Waals surface area contributed by atoms with Crippen molar-refractivity contribution in [3.8, 4) is 17.6 Å². The van der Waals surface area contributed by atoms with Crippen LogP contribution in [0.5, 0.6) is 11.5 Å². The first-order valence-corrected chi connectivity index (χ1v) is 11.1. The third kappa shape index (κ3) is 6.67. The van der Waals surface area contributed by atoms with Crippen LogP contribution in [0.25, 0.3) is 6.08 Å². The van der Waals surface area contributed by atoms with Crippen LogP contribution in [0.2, 0.25) is 0 Å². The Morgan fingerprint density at radius 1 is 1.23 bits per heavy atom. The van der Waals surface area contributed by atoms with E-state index in [0.29, 0.717) is 34.1 Å². The second-order valence-electron chi connectivity index (χ2n) is 6.62. The first kappa shape index (κ1) is 22.5. The number of hydrogen-bond donors (Lipinski definition) is 1. The molecule has 0 fully saturated rings. The third-order valence-electron chi connectivity index (χ3n) is 4.07. The minimum absolute atomic E-state index is 0.0139. The van der Waals surface area contributed by atoms with Crippen molar-refractivity contribution >= 4 is 44.4 Å². The highest BCUT2D eigenvalue weighted by Crippen LogP contribution is 2.27. The summed E-state index contributed by atoms with van der Waals surface area (Å²) in [4.78, 5) is 16.5. The van der Waals surface area contributed by atoms with Crippen molar-refractivity contribution in [1.82, 2.24) is 4.98 Å². The van der Waals surface area contributed by atoms with E-state index in [1.807, 2.05) is 49.6 Å². The number of thiazole rings is 1. The van der Waals surface area contributed by atoms with E-state index in [1.165, 1.54) is 17.4 Å². The van der Waals surface area contributed by atoms with Crippen LogP contribution in [0.1, 0.15) is 16.8 Å². The van der Waals surface area contributed by atoms with Crippen LogP contribution in [0, 0.1) is 25.2 Å². The molecule has 0 bridgehead atoms. The molecule has 0 aliphatic heterocycles. The Balaban J connectivity index is 1.58. The lowest BCUT2D eigenvalue weighted by Crippen LogP contribution is -2.13. The number of halogens is 1. The van der Waals surface area contributed by atoms with Crippen molar-refractivity contribution in [2.45, 2.75) is 13.8 Å². The molecular weight excluding hydrogens is 478 g/mol. The fourth-order valence-corrected chi connectivity index (χ4v) is 3.83. The van der Waals surface area contributed by atoms with E-state index in [0.717, 1.165) is 17.0 Å². The topological polar surface area (TPSA) is 84.2 Å². The summed E-state index contributed by atoms with van der Waals surface area (Å²) in [5, 5.41) is 14.3. The van der Waals surface area contributed by atoms with Crippen LogP contribution in [-0.4, -0.2) is 24.1 Å². The van der Waals surface area contributed by atoms with Gasteiger partial charge < -0.3 is 9.47 Å². The fraction of sp³-hybridized carbons (Fsp3) is 0.174. The summed E-state index contributed by atoms with van der Waals surface area (Å²) >= 11 is 4.78. The fourth-order valence-electron chi connectivity index (χ4n) is 2.63. The second kappa shape index (κ2) is 10.8. The average Bonchev–Trinajstić information content (AvgIpc) is 3.15. The molecule has 0 saturated heterocycles. The zero-order valence-corrected chi connectivity index (χ0v) is 19.4. The zero-order chi connectivity index (χ0) is 22.2. The molecule has 3 rings (SSSR count). The summed E-state index contributed by atoms with van der Waals surface area (Å²) in [7, 11) is 0. The van der Waals surface area contributed by atoms with Crippen LogP contribution < -0.4 is 14.8 Å². The van der Waals surface area contributed by atoms with Gasteiger partial charge in [0.15, 0.2) is 5.13 Å². The van der Waals surface area contributed by atoms with Gasteiger partial charge in [0.25, 0.3) is 5.91 Å². The Bertz CT molecular complexity index is 1150. The molecule has 6 nitrogen and oxygen atoms in total. The number of anilines is 1. The minimum Gasteiger partial charge on any atom is -0.490 e. The largest absolute Gasteiger partial charge is 0.490 e. The van der Waals surface area contributed by atoms with E-state index in [-0.39, 0.29) is 5.57 Å². The number of aryl methyl sites for hydroxylation is 2. The monoisotopic (exact) mass is 497 g/mol. The van der Waals surface area contributed by atoms with Crippen LogP contribution in [0.3, 0.4) is 0 Å². The highest BCUT2D eigenvalue weighted by molar-refractivity contribution is 9.10. The summed E-state index contributed by atoms with van der Waals surface area (Å²) in [6, 6.07) is 15.1. The second-order valence-corrected chi connectivity index (χ2v) is 8.33. The van der Waals surface area contributed by atoms with Crippen molar-refractivity contribution < 1.29 is 14.3 Å². The van der Waals surface area contributed by atoms with Crippen molar-refractivity contribution in [3.63, 3.8) is 0 Å². The molecule has 1 amide bonds. The van der Waals surface area contributed by atoms with E-state index in [2.05, 4.69) is 26.2 Å². The molecule has 0 saturated carbocycles. The summed E-state index contributed by atoms with van der Waals surface area (Å²) in [5.74, 6) is 0.950. The summed E-state index contributed by atoms with van der Waals surface area (Å²) in [6.07, 6.45) is 1.52. The standard InChI is InChI=1S/C23H20BrN3O3S/c1-15-4-3-5-19(10-15)29-8-9-30-21-7-6-17(12-20(21)24)11-18(13-25)22(28)27-23-26-16(2)14-31-23/h3-7,10-12,14H,8-9H2,1-2H3,(H,26,27,28)/b18-11-. The predicted octanol–water partition coefficient (Wildman–Crippen LogP) is 5.53. The van der Waals surface area contributed by atoms with E-state index in [4.69, 9.17) is 9.47 Å². The van der Waals surface area contributed by atoms with Gasteiger partial charge in [0.2, 0.25) is 0 Å². The number of carbonyl (C=O) groups excluding carboxylic acids is 1. The number of aromatic nitrogens is 1. The molecule has 8 heteroatoms. The van der Waals surface area contributed by atoms with Crippen molar-refractivity contribution in [3.05, 3.63) is 74.7 Å². The number of nitriles is 1. The number of amides is 1. The highest BCUT2D eigenvalue weighted by Gasteiger charge is 2.12. The lowest BCUT2D eigenvalue weighted by molar-refractivity contribution is -0.112. The highest BCUT2D eigenvalue weighted by atomic mass is 79.9. The van der Waals surface area contributed by atoms with Gasteiger partial charge >= 0.3 is 0 Å². The maximum Gasteiger partial charge on any atom is 0.268 e. The normalized spacial score (nSPS) is 11.0. The SMILES string of the molecule is Cc1cccc(OCCOc2ccc(/C=C(/C#N)C(=O)Nc3nc(C)cs3)cc2Br)c1. The molecule has 0 aliphatic carbocycles. The number of carbonyl (C=O) groups is 1. The van der Waals surface area contributed by atoms with Crippen molar-refractivity contribution in [2.24, 2.45) is 0 Å². The molecule has 1 heterocycles. The van der Waals surface area contributed by atoms with Crippen LogP contribution in [-0.2, 0) is 4.79 Å². The van der Waals surface area contributed by atoms with E-state index < -0.39 is 5.91 Å². The number of ether oxygens (including phenoxy) is 2. The smallest absolute Gasteiger partial charge is 0.268 e. The Kier molecular flexibility index (Phi) is 7.82. The summed E-state index contributed by atoms with van der Waals surface area (Å²) in [6.45, 7) is 4.63. The van der Waals surface area contributed by atoms with Gasteiger partial charge in [-0.25, -0.2) is 4.98 Å². The molecular formula is C23H20BrN3O3S.